The van der Waals surface area contributed by atoms with E-state index in [1.807, 2.05) is 19.1 Å². The van der Waals surface area contributed by atoms with E-state index in [0.717, 1.165) is 10.5 Å². The molecule has 2 amide bonds. The fraction of sp³-hybridized carbons (Fsp3) is 0.286. The number of carbonyl (C=O) groups excluding carboxylic acids is 2. The molecule has 2 atom stereocenters. The molecule has 7 nitrogen and oxygen atoms in total. The van der Waals surface area contributed by atoms with Crippen molar-refractivity contribution in [3.8, 4) is 11.3 Å². The second kappa shape index (κ2) is 10.8. The zero-order valence-corrected chi connectivity index (χ0v) is 19.9. The summed E-state index contributed by atoms with van der Waals surface area (Å²) in [6, 6.07) is 15.1. The van der Waals surface area contributed by atoms with Gasteiger partial charge in [-0.3, -0.25) is 24.3 Å². The SMILES string of the molecule is CCc1ccc(-c2ccc(CC[C@@H](O)[C@H](CCN3C(=O)c4ccccc4C3=O)C(=O)O)cn2)cc1F. The lowest BCUT2D eigenvalue weighted by Gasteiger charge is -2.22. The number of aliphatic carboxylic acids is 1. The fourth-order valence-electron chi connectivity index (χ4n) is 4.44. The van der Waals surface area contributed by atoms with Crippen molar-refractivity contribution in [3.63, 3.8) is 0 Å². The first-order valence-corrected chi connectivity index (χ1v) is 11.9. The smallest absolute Gasteiger partial charge is 0.309 e. The fourth-order valence-corrected chi connectivity index (χ4v) is 4.44. The van der Waals surface area contributed by atoms with Crippen LogP contribution >= 0.6 is 0 Å². The first-order valence-electron chi connectivity index (χ1n) is 11.9. The average Bonchev–Trinajstić information content (AvgIpc) is 3.12. The van der Waals surface area contributed by atoms with E-state index in [9.17, 15) is 29.0 Å². The number of hydrogen-bond acceptors (Lipinski definition) is 5. The molecule has 0 saturated carbocycles. The molecular formula is C28H27FN2O5. The number of hydrogen-bond donors (Lipinski definition) is 2. The van der Waals surface area contributed by atoms with Gasteiger partial charge in [-0.2, -0.15) is 0 Å². The Morgan fingerprint density at radius 1 is 1.03 bits per heavy atom. The zero-order chi connectivity index (χ0) is 25.8. The Hall–Kier alpha value is -3.91. The summed E-state index contributed by atoms with van der Waals surface area (Å²) >= 11 is 0. The van der Waals surface area contributed by atoms with Gasteiger partial charge in [0.05, 0.1) is 28.8 Å². The molecule has 2 aromatic carbocycles. The summed E-state index contributed by atoms with van der Waals surface area (Å²) < 4.78 is 14.1. The van der Waals surface area contributed by atoms with Crippen LogP contribution in [0.5, 0.6) is 0 Å². The van der Waals surface area contributed by atoms with E-state index in [-0.39, 0.29) is 25.2 Å². The van der Waals surface area contributed by atoms with Gasteiger partial charge in [-0.1, -0.05) is 37.3 Å². The lowest BCUT2D eigenvalue weighted by molar-refractivity contribution is -0.146. The molecular weight excluding hydrogens is 463 g/mol. The highest BCUT2D eigenvalue weighted by atomic mass is 19.1. The number of benzene rings is 2. The molecule has 186 valence electrons. The number of aliphatic hydroxyl groups is 1. The molecule has 36 heavy (non-hydrogen) atoms. The predicted octanol–water partition coefficient (Wildman–Crippen LogP) is 4.13. The second-order valence-corrected chi connectivity index (χ2v) is 8.86. The van der Waals surface area contributed by atoms with Crippen LogP contribution in [-0.4, -0.2) is 50.5 Å². The van der Waals surface area contributed by atoms with Crippen molar-refractivity contribution >= 4 is 17.8 Å². The number of pyridine rings is 1. The van der Waals surface area contributed by atoms with E-state index in [2.05, 4.69) is 4.98 Å². The molecule has 0 aliphatic carbocycles. The van der Waals surface area contributed by atoms with Gasteiger partial charge in [0.15, 0.2) is 0 Å². The number of aromatic nitrogens is 1. The van der Waals surface area contributed by atoms with Crippen LogP contribution in [0.3, 0.4) is 0 Å². The van der Waals surface area contributed by atoms with Crippen LogP contribution in [0.1, 0.15) is 51.6 Å². The van der Waals surface area contributed by atoms with Crippen molar-refractivity contribution in [2.45, 2.75) is 38.7 Å². The topological polar surface area (TPSA) is 108 Å². The van der Waals surface area contributed by atoms with E-state index in [4.69, 9.17) is 0 Å². The predicted molar refractivity (Wildman–Crippen MR) is 131 cm³/mol. The number of carboxylic acids is 1. The van der Waals surface area contributed by atoms with Crippen molar-refractivity contribution in [1.29, 1.82) is 0 Å². The molecule has 4 rings (SSSR count). The van der Waals surface area contributed by atoms with Gasteiger partial charge in [-0.25, -0.2) is 4.39 Å². The van der Waals surface area contributed by atoms with Gasteiger partial charge in [-0.15, -0.1) is 0 Å². The van der Waals surface area contributed by atoms with Crippen LogP contribution in [-0.2, 0) is 17.6 Å². The van der Waals surface area contributed by atoms with Crippen LogP contribution in [0.15, 0.2) is 60.8 Å². The molecule has 0 spiro atoms. The standard InChI is InChI=1S/C28H27FN2O5/c1-2-18-9-10-19(15-23(18)29)24-11-7-17(16-30-24)8-12-25(32)22(28(35)36)13-14-31-26(33)20-5-3-4-6-21(20)27(31)34/h3-7,9-11,15-16,22,25,32H,2,8,12-14H2,1H3,(H,35,36)/t22-,25+/m0/s1. The van der Waals surface area contributed by atoms with Crippen LogP contribution in [0, 0.1) is 11.7 Å². The maximum atomic E-state index is 14.1. The highest BCUT2D eigenvalue weighted by molar-refractivity contribution is 6.21. The first kappa shape index (κ1) is 25.2. The first-order chi connectivity index (χ1) is 17.3. The molecule has 1 aliphatic heterocycles. The zero-order valence-electron chi connectivity index (χ0n) is 19.9. The van der Waals surface area contributed by atoms with Crippen molar-refractivity contribution in [3.05, 3.63) is 88.9 Å². The summed E-state index contributed by atoms with van der Waals surface area (Å²) in [5.41, 5.74) is 3.32. The van der Waals surface area contributed by atoms with Gasteiger partial charge in [0.2, 0.25) is 0 Å². The summed E-state index contributed by atoms with van der Waals surface area (Å²) in [7, 11) is 0. The Morgan fingerprint density at radius 2 is 1.72 bits per heavy atom. The van der Waals surface area contributed by atoms with Gasteiger partial charge in [-0.05, 0) is 61.1 Å². The Morgan fingerprint density at radius 3 is 2.28 bits per heavy atom. The molecule has 8 heteroatoms. The number of nitrogens with zero attached hydrogens (tertiary/aromatic N) is 2. The minimum atomic E-state index is -1.19. The number of aryl methyl sites for hydroxylation is 2. The third-order valence-electron chi connectivity index (χ3n) is 6.61. The van der Waals surface area contributed by atoms with Crippen LogP contribution in [0.4, 0.5) is 4.39 Å². The second-order valence-electron chi connectivity index (χ2n) is 8.86. The number of rotatable bonds is 10. The maximum Gasteiger partial charge on any atom is 0.309 e. The molecule has 0 radical (unpaired) electrons. The highest BCUT2D eigenvalue weighted by Crippen LogP contribution is 2.25. The molecule has 0 bridgehead atoms. The number of aliphatic hydroxyl groups excluding tert-OH is 1. The molecule has 0 unspecified atom stereocenters. The van der Waals surface area contributed by atoms with E-state index < -0.39 is 29.8 Å². The van der Waals surface area contributed by atoms with E-state index in [0.29, 0.717) is 40.8 Å². The average molecular weight is 491 g/mol. The lowest BCUT2D eigenvalue weighted by Crippen LogP contribution is -2.36. The van der Waals surface area contributed by atoms with E-state index in [1.165, 1.54) is 6.07 Å². The Labute approximate surface area is 208 Å². The summed E-state index contributed by atoms with van der Waals surface area (Å²) in [4.78, 5) is 42.3. The Kier molecular flexibility index (Phi) is 7.55. The highest BCUT2D eigenvalue weighted by Gasteiger charge is 2.36. The van der Waals surface area contributed by atoms with Crippen molar-refractivity contribution in [2.24, 2.45) is 5.92 Å². The maximum absolute atomic E-state index is 14.1. The van der Waals surface area contributed by atoms with Crippen LogP contribution in [0.2, 0.25) is 0 Å². The molecule has 3 aromatic rings. The number of carboxylic acid groups (broad SMARTS) is 1. The quantitative estimate of drug-likeness (QED) is 0.414. The number of fused-ring (bicyclic) bond motifs is 1. The summed E-state index contributed by atoms with van der Waals surface area (Å²) in [6.45, 7) is 1.79. The molecule has 0 saturated heterocycles. The van der Waals surface area contributed by atoms with E-state index in [1.54, 1.807) is 42.6 Å². The van der Waals surface area contributed by atoms with Crippen molar-refractivity contribution in [1.82, 2.24) is 9.88 Å². The third-order valence-corrected chi connectivity index (χ3v) is 6.61. The van der Waals surface area contributed by atoms with Crippen LogP contribution < -0.4 is 0 Å². The van der Waals surface area contributed by atoms with Gasteiger partial charge in [0.1, 0.15) is 5.82 Å². The monoisotopic (exact) mass is 490 g/mol. The lowest BCUT2D eigenvalue weighted by atomic mass is 9.93. The number of halogens is 1. The van der Waals surface area contributed by atoms with Gasteiger partial charge >= 0.3 is 5.97 Å². The summed E-state index contributed by atoms with van der Waals surface area (Å²) in [6.07, 6.45) is 1.55. The molecule has 2 heterocycles. The molecule has 0 fully saturated rings. The Balaban J connectivity index is 1.35. The number of imide groups is 1. The van der Waals surface area contributed by atoms with Crippen molar-refractivity contribution in [2.75, 3.05) is 6.54 Å². The van der Waals surface area contributed by atoms with Gasteiger partial charge in [0.25, 0.3) is 11.8 Å². The largest absolute Gasteiger partial charge is 0.481 e. The number of amides is 2. The molecule has 2 N–H and O–H groups in total. The molecule has 1 aromatic heterocycles. The summed E-state index contributed by atoms with van der Waals surface area (Å²) in [5, 5.41) is 20.3. The third kappa shape index (κ3) is 5.18. The minimum Gasteiger partial charge on any atom is -0.481 e. The van der Waals surface area contributed by atoms with Gasteiger partial charge in [0, 0.05) is 18.3 Å². The van der Waals surface area contributed by atoms with Crippen molar-refractivity contribution < 1.29 is 29.0 Å². The van der Waals surface area contributed by atoms with E-state index >= 15 is 0 Å². The Bertz CT molecular complexity index is 1260. The van der Waals surface area contributed by atoms with Crippen LogP contribution in [0.25, 0.3) is 11.3 Å². The minimum absolute atomic E-state index is 0.0571. The molecule has 1 aliphatic rings. The normalized spacial score (nSPS) is 14.6. The number of carbonyl (C=O) groups is 3. The van der Waals surface area contributed by atoms with Gasteiger partial charge < -0.3 is 10.2 Å². The summed E-state index contributed by atoms with van der Waals surface area (Å²) in [5.74, 6) is -3.51.